The highest BCUT2D eigenvalue weighted by atomic mass is 19.1. The summed E-state index contributed by atoms with van der Waals surface area (Å²) < 4.78 is 40.9. The van der Waals surface area contributed by atoms with Crippen LogP contribution in [0.15, 0.2) is 42.7 Å². The number of aliphatic hydroxyl groups is 1. The van der Waals surface area contributed by atoms with E-state index < -0.39 is 23.2 Å². The second-order valence-electron chi connectivity index (χ2n) is 18.2. The average Bonchev–Trinajstić information content (AvgIpc) is 3.70. The number of pyridine rings is 1. The molecule has 2 spiro atoms. The summed E-state index contributed by atoms with van der Waals surface area (Å²) in [6, 6.07) is 7.09. The number of esters is 1. The number of aromatic nitrogens is 1. The predicted molar refractivity (Wildman–Crippen MR) is 190 cm³/mol. The summed E-state index contributed by atoms with van der Waals surface area (Å²) in [6.07, 6.45) is 11.9. The summed E-state index contributed by atoms with van der Waals surface area (Å²) >= 11 is 0. The number of carbonyl (C=O) groups excluding carboxylic acids is 2. The molecule has 0 unspecified atom stereocenters. The molecule has 9 heteroatoms. The molecule has 1 aromatic heterocycles. The van der Waals surface area contributed by atoms with Crippen LogP contribution in [0.2, 0.25) is 0 Å². The second kappa shape index (κ2) is 12.3. The second-order valence-corrected chi connectivity index (χ2v) is 18.2. The van der Waals surface area contributed by atoms with E-state index in [0.717, 1.165) is 62.7 Å². The lowest BCUT2D eigenvalue weighted by atomic mass is 9.41. The number of benzene rings is 1. The number of nitrogens with zero attached hydrogens (tertiary/aromatic N) is 2. The quantitative estimate of drug-likeness (QED) is 0.293. The summed E-state index contributed by atoms with van der Waals surface area (Å²) in [5, 5.41) is 12.5. The Balaban J connectivity index is 1.00. The fraction of sp³-hybridized carbons (Fsp3) is 0.628. The van der Waals surface area contributed by atoms with E-state index >= 15 is 0 Å². The van der Waals surface area contributed by atoms with Gasteiger partial charge in [0, 0.05) is 48.7 Å². The Hall–Kier alpha value is -2.91. The van der Waals surface area contributed by atoms with Gasteiger partial charge in [0.15, 0.2) is 0 Å². The van der Waals surface area contributed by atoms with Gasteiger partial charge in [-0.15, -0.1) is 0 Å². The number of ether oxygens (including phenoxy) is 2. The highest BCUT2D eigenvalue weighted by molar-refractivity contribution is 5.73. The van der Waals surface area contributed by atoms with Crippen LogP contribution in [0.4, 0.5) is 8.78 Å². The summed E-state index contributed by atoms with van der Waals surface area (Å²) in [5.41, 5.74) is 0.659. The minimum atomic E-state index is -0.775. The number of rotatable bonds is 7. The van der Waals surface area contributed by atoms with Crippen molar-refractivity contribution in [2.75, 3.05) is 6.54 Å². The van der Waals surface area contributed by atoms with Crippen molar-refractivity contribution < 1.29 is 33.0 Å². The molecule has 1 saturated heterocycles. The number of halogens is 2. The monoisotopic (exact) mass is 715 g/mol. The molecule has 5 aliphatic carbocycles. The summed E-state index contributed by atoms with van der Waals surface area (Å²) in [5.74, 6) is 0.456. The number of hydrogen-bond donors (Lipinski definition) is 1. The molecular formula is C43H53F2N2O5. The average molecular weight is 716 g/mol. The van der Waals surface area contributed by atoms with Gasteiger partial charge in [-0.1, -0.05) is 40.7 Å². The zero-order valence-electron chi connectivity index (χ0n) is 31.4. The number of aliphatic hydroxyl groups excluding tert-OH is 1. The standard InChI is InChI=1S/C43H53F2N2O5/c1-25-16-31(23-47(26(2)48)22-28-17-29(44)20-30(45)18-28)51-37-36(25)40(5)13-14-43-24-42(43)12-11-34(52-35(49)19-27-8-7-15-46-21-27)39(3,4)32(42)9-10-33(43)41(40,6)38(37)50/h7-8,15,17-18,20-21,25,32,34,36,38,50H,9-14,16,19,22-24H2,1-6H3/t25-,32+,34+,36+,38+,40-,41-,42-,43+/m1/s1. The largest absolute Gasteiger partial charge is 0.462 e. The molecule has 5 saturated carbocycles. The molecule has 1 amide bonds. The Morgan fingerprint density at radius 3 is 2.48 bits per heavy atom. The van der Waals surface area contributed by atoms with Crippen molar-refractivity contribution >= 4 is 11.9 Å². The van der Waals surface area contributed by atoms with Gasteiger partial charge in [-0.3, -0.25) is 14.6 Å². The Bertz CT molecular complexity index is 1720. The molecule has 1 aromatic carbocycles. The third-order valence-corrected chi connectivity index (χ3v) is 15.5. The van der Waals surface area contributed by atoms with Gasteiger partial charge in [0.2, 0.25) is 5.91 Å². The molecule has 6 aliphatic rings. The molecule has 1 aliphatic heterocycles. The summed E-state index contributed by atoms with van der Waals surface area (Å²) in [4.78, 5) is 31.6. The Morgan fingerprint density at radius 1 is 1.04 bits per heavy atom. The zero-order chi connectivity index (χ0) is 37.0. The van der Waals surface area contributed by atoms with Crippen LogP contribution < -0.4 is 0 Å². The van der Waals surface area contributed by atoms with Gasteiger partial charge in [0.1, 0.15) is 29.9 Å². The number of hydrogen-bond acceptors (Lipinski definition) is 6. The minimum absolute atomic E-state index is 0.0621. The van der Waals surface area contributed by atoms with Gasteiger partial charge >= 0.3 is 5.97 Å². The van der Waals surface area contributed by atoms with Crippen LogP contribution in [0.3, 0.4) is 0 Å². The van der Waals surface area contributed by atoms with Crippen LogP contribution in [0, 0.1) is 74.6 Å². The molecule has 279 valence electrons. The van der Waals surface area contributed by atoms with Crippen molar-refractivity contribution in [2.45, 2.75) is 118 Å². The van der Waals surface area contributed by atoms with E-state index in [-0.39, 0.29) is 71.0 Å². The zero-order valence-corrected chi connectivity index (χ0v) is 31.4. The Labute approximate surface area is 307 Å². The molecular weight excluding hydrogens is 662 g/mol. The summed E-state index contributed by atoms with van der Waals surface area (Å²) in [6.45, 7) is 13.3. The smallest absolute Gasteiger partial charge is 0.310 e. The highest BCUT2D eigenvalue weighted by Gasteiger charge is 2.85. The van der Waals surface area contributed by atoms with E-state index in [2.05, 4.69) is 39.6 Å². The number of carbonyl (C=O) groups is 2. The molecule has 1 N–H and O–H groups in total. The van der Waals surface area contributed by atoms with Crippen LogP contribution in [0.1, 0.15) is 104 Å². The molecule has 7 nitrogen and oxygen atoms in total. The van der Waals surface area contributed by atoms with Crippen molar-refractivity contribution in [2.24, 2.45) is 44.8 Å². The maximum atomic E-state index is 14.0. The van der Waals surface area contributed by atoms with Crippen LogP contribution in [0.5, 0.6) is 0 Å². The van der Waals surface area contributed by atoms with Crippen molar-refractivity contribution in [1.29, 1.82) is 0 Å². The minimum Gasteiger partial charge on any atom is -0.462 e. The fourth-order valence-corrected chi connectivity index (χ4v) is 13.1. The van der Waals surface area contributed by atoms with Crippen molar-refractivity contribution in [3.8, 4) is 0 Å². The van der Waals surface area contributed by atoms with E-state index in [4.69, 9.17) is 9.47 Å². The van der Waals surface area contributed by atoms with E-state index in [0.29, 0.717) is 24.0 Å². The summed E-state index contributed by atoms with van der Waals surface area (Å²) in [7, 11) is 0. The topological polar surface area (TPSA) is 89.0 Å². The van der Waals surface area contributed by atoms with Gasteiger partial charge in [-0.05, 0) is 115 Å². The molecule has 9 atom stereocenters. The molecule has 2 aromatic rings. The first kappa shape index (κ1) is 36.1. The SMILES string of the molecule is CC(=O)N(C[C]1C[C@@H](C)[C@H]2[C](O1)[C@H](O)[C@@]1(C)[C]3CC[C@H]4C(C)(C)[C@@H](OC(=O)Cc5cccnc5)CC[C@@]45C[C@@]35CC[C@]21C)Cc1cc(F)cc(F)c1. The van der Waals surface area contributed by atoms with E-state index in [1.807, 2.05) is 12.1 Å². The molecule has 3 radical (unpaired) electrons. The van der Waals surface area contributed by atoms with E-state index in [1.165, 1.54) is 25.0 Å². The molecule has 8 rings (SSSR count). The van der Waals surface area contributed by atoms with Gasteiger partial charge < -0.3 is 19.5 Å². The maximum Gasteiger partial charge on any atom is 0.310 e. The lowest BCUT2D eigenvalue weighted by Crippen LogP contribution is -2.59. The van der Waals surface area contributed by atoms with Crippen molar-refractivity contribution in [1.82, 2.24) is 9.88 Å². The Kier molecular flexibility index (Phi) is 8.54. The van der Waals surface area contributed by atoms with Crippen LogP contribution >= 0.6 is 0 Å². The lowest BCUT2D eigenvalue weighted by molar-refractivity contribution is -0.171. The third kappa shape index (κ3) is 5.17. The van der Waals surface area contributed by atoms with Gasteiger partial charge in [-0.2, -0.15) is 0 Å². The molecule has 52 heavy (non-hydrogen) atoms. The first-order chi connectivity index (χ1) is 24.6. The van der Waals surface area contributed by atoms with Crippen LogP contribution in [-0.4, -0.2) is 45.6 Å². The predicted octanol–water partition coefficient (Wildman–Crippen LogP) is 7.96. The van der Waals surface area contributed by atoms with Crippen LogP contribution in [0.25, 0.3) is 0 Å². The third-order valence-electron chi connectivity index (χ3n) is 15.5. The van der Waals surface area contributed by atoms with Gasteiger partial charge in [0.05, 0.1) is 19.1 Å². The van der Waals surface area contributed by atoms with Crippen molar-refractivity contribution in [3.05, 3.63) is 83.6 Å². The normalized spacial score (nSPS) is 39.4. The first-order valence-corrected chi connectivity index (χ1v) is 19.3. The fourth-order valence-electron chi connectivity index (χ4n) is 13.1. The van der Waals surface area contributed by atoms with Crippen molar-refractivity contribution in [3.63, 3.8) is 0 Å². The number of amides is 1. The molecule has 0 bridgehead atoms. The van der Waals surface area contributed by atoms with E-state index in [9.17, 15) is 23.5 Å². The Morgan fingerprint density at radius 2 is 1.79 bits per heavy atom. The first-order valence-electron chi connectivity index (χ1n) is 19.3. The molecule has 6 fully saturated rings. The van der Waals surface area contributed by atoms with E-state index in [1.54, 1.807) is 17.3 Å². The number of fused-ring (bicyclic) bond motifs is 4. The van der Waals surface area contributed by atoms with Crippen LogP contribution in [-0.2, 0) is 32.0 Å². The maximum absolute atomic E-state index is 14.0. The van der Waals surface area contributed by atoms with Gasteiger partial charge in [-0.25, -0.2) is 8.78 Å². The van der Waals surface area contributed by atoms with Gasteiger partial charge in [0.25, 0.3) is 0 Å². The lowest BCUT2D eigenvalue weighted by Gasteiger charge is -2.63. The highest BCUT2D eigenvalue weighted by Crippen LogP contribution is 2.90. The molecule has 2 heterocycles.